The van der Waals surface area contributed by atoms with Crippen molar-refractivity contribution in [3.05, 3.63) is 0 Å². The largest absolute Gasteiger partial charge is 0.514 e. The fraction of sp³-hybridized carbons (Fsp3) is 0.900. The third kappa shape index (κ3) is 3.66. The Morgan fingerprint density at radius 2 is 1.50 bits per heavy atom. The fourth-order valence-corrected chi connectivity index (χ4v) is 3.69. The van der Waals surface area contributed by atoms with E-state index in [1.54, 1.807) is 26.2 Å². The average Bonchev–Trinajstić information content (AvgIpc) is 2.45. The van der Waals surface area contributed by atoms with Gasteiger partial charge in [-0.25, -0.2) is 4.79 Å². The molecule has 0 atom stereocenters. The maximum Gasteiger partial charge on any atom is 0.514 e. The van der Waals surface area contributed by atoms with Crippen LogP contribution in [-0.4, -0.2) is 85.5 Å². The molecule has 8 heteroatoms. The zero-order valence-electron chi connectivity index (χ0n) is 11.5. The Labute approximate surface area is 109 Å². The van der Waals surface area contributed by atoms with Crippen LogP contribution in [-0.2, 0) is 18.0 Å². The number of rotatable bonds is 5. The van der Waals surface area contributed by atoms with Gasteiger partial charge in [-0.3, -0.25) is 4.90 Å². The second-order valence-electron chi connectivity index (χ2n) is 4.03. The highest BCUT2D eigenvalue weighted by Gasteiger charge is 2.40. The lowest BCUT2D eigenvalue weighted by atomic mass is 10.3. The quantitative estimate of drug-likeness (QED) is 0.649. The van der Waals surface area contributed by atoms with Gasteiger partial charge < -0.3 is 22.9 Å². The first-order chi connectivity index (χ1) is 8.60. The number of carbonyl (C=O) groups is 1. The molecular weight excluding hydrogens is 256 g/mol. The van der Waals surface area contributed by atoms with Crippen molar-refractivity contribution >= 4 is 14.9 Å². The lowest BCUT2D eigenvalue weighted by Gasteiger charge is -2.37. The van der Waals surface area contributed by atoms with E-state index in [0.717, 1.165) is 13.1 Å². The zero-order valence-corrected chi connectivity index (χ0v) is 12.5. The van der Waals surface area contributed by atoms with Crippen LogP contribution in [0.25, 0.3) is 0 Å². The summed E-state index contributed by atoms with van der Waals surface area (Å²) in [5.41, 5.74) is 0. The lowest BCUT2D eigenvalue weighted by Crippen LogP contribution is -2.58. The molecule has 1 amide bonds. The monoisotopic (exact) mass is 278 g/mol. The summed E-state index contributed by atoms with van der Waals surface area (Å²) in [4.78, 5) is 15.2. The van der Waals surface area contributed by atoms with Crippen molar-refractivity contribution in [2.45, 2.75) is 0 Å². The lowest BCUT2D eigenvalue weighted by molar-refractivity contribution is 0.0736. The molecule has 0 saturated carbocycles. The van der Waals surface area contributed by atoms with Gasteiger partial charge in [0.05, 0.1) is 13.3 Å². The van der Waals surface area contributed by atoms with E-state index in [1.807, 2.05) is 0 Å². The number of carbonyl (C=O) groups excluding carboxylic acids is 1. The van der Waals surface area contributed by atoms with Gasteiger partial charge in [-0.15, -0.1) is 0 Å². The number of ether oxygens (including phenoxy) is 1. The Hall–Kier alpha value is -0.673. The molecule has 1 aliphatic heterocycles. The van der Waals surface area contributed by atoms with Crippen molar-refractivity contribution in [2.24, 2.45) is 0 Å². The smallest absolute Gasteiger partial charge is 0.453 e. The van der Waals surface area contributed by atoms with Gasteiger partial charge in [0.1, 0.15) is 0 Å². The van der Waals surface area contributed by atoms with Crippen LogP contribution in [0.1, 0.15) is 0 Å². The predicted octanol–water partition coefficient (Wildman–Crippen LogP) is -0.212. The minimum absolute atomic E-state index is 0.275. The van der Waals surface area contributed by atoms with Gasteiger partial charge in [-0.2, -0.15) is 0 Å². The van der Waals surface area contributed by atoms with Crippen LogP contribution >= 0.6 is 0 Å². The zero-order chi connectivity index (χ0) is 13.6. The molecule has 0 aliphatic carbocycles. The number of methoxy groups -OCH3 is 1. The number of hydrogen-bond acceptors (Lipinski definition) is 6. The second-order valence-corrected chi connectivity index (χ2v) is 6.94. The summed E-state index contributed by atoms with van der Waals surface area (Å²) in [6.07, 6.45) is 0.356. The van der Waals surface area contributed by atoms with Crippen molar-refractivity contribution in [3.8, 4) is 0 Å². The molecule has 106 valence electrons. The molecule has 0 N–H and O–H groups in total. The van der Waals surface area contributed by atoms with E-state index in [2.05, 4.69) is 4.90 Å². The number of amides is 1. The summed E-state index contributed by atoms with van der Waals surface area (Å²) in [7, 11) is 3.63. The molecule has 1 heterocycles. The summed E-state index contributed by atoms with van der Waals surface area (Å²) >= 11 is 0. The van der Waals surface area contributed by atoms with Gasteiger partial charge >= 0.3 is 14.9 Å². The first kappa shape index (κ1) is 15.4. The van der Waals surface area contributed by atoms with E-state index >= 15 is 0 Å². The van der Waals surface area contributed by atoms with E-state index in [-0.39, 0.29) is 6.09 Å². The van der Waals surface area contributed by atoms with Crippen molar-refractivity contribution < 1.29 is 22.8 Å². The molecule has 18 heavy (non-hydrogen) atoms. The number of nitrogens with zero attached hydrogens (tertiary/aromatic N) is 2. The van der Waals surface area contributed by atoms with Crippen LogP contribution < -0.4 is 0 Å². The Morgan fingerprint density at radius 1 is 1.00 bits per heavy atom. The molecule has 0 aromatic heterocycles. The maximum absolute atomic E-state index is 11.3. The number of piperazine rings is 1. The summed E-state index contributed by atoms with van der Waals surface area (Å²) in [5, 5.41) is 0. The molecule has 0 bridgehead atoms. The van der Waals surface area contributed by atoms with Crippen molar-refractivity contribution in [1.82, 2.24) is 9.80 Å². The first-order valence-corrected chi connectivity index (χ1v) is 7.74. The molecule has 7 nitrogen and oxygen atoms in total. The Bertz CT molecular complexity index is 259. The van der Waals surface area contributed by atoms with Gasteiger partial charge in [0, 0.05) is 47.5 Å². The van der Waals surface area contributed by atoms with Gasteiger partial charge in [0.2, 0.25) is 0 Å². The normalized spacial score (nSPS) is 17.9. The van der Waals surface area contributed by atoms with E-state index in [9.17, 15) is 4.79 Å². The van der Waals surface area contributed by atoms with Crippen LogP contribution in [0.3, 0.4) is 0 Å². The molecule has 1 saturated heterocycles. The standard InChI is InChI=1S/C10H22N2O5Si/c1-14-10(13)12-7-5-11(6-8-12)9-18(15-2,16-3)17-4/h5-9H2,1-4H3. The first-order valence-electron chi connectivity index (χ1n) is 5.81. The molecule has 1 aliphatic rings. The summed E-state index contributed by atoms with van der Waals surface area (Å²) in [6, 6.07) is 0. The molecule has 1 fully saturated rings. The Balaban J connectivity index is 2.45. The van der Waals surface area contributed by atoms with E-state index < -0.39 is 8.80 Å². The minimum Gasteiger partial charge on any atom is -0.453 e. The number of hydrogen-bond donors (Lipinski definition) is 0. The predicted molar refractivity (Wildman–Crippen MR) is 67.2 cm³/mol. The topological polar surface area (TPSA) is 60.5 Å². The molecule has 0 aromatic rings. The van der Waals surface area contributed by atoms with E-state index in [1.165, 1.54) is 7.11 Å². The van der Waals surface area contributed by atoms with Crippen LogP contribution in [0.15, 0.2) is 0 Å². The van der Waals surface area contributed by atoms with Crippen molar-refractivity contribution in [3.63, 3.8) is 0 Å². The highest BCUT2D eigenvalue weighted by atomic mass is 28.4. The molecular formula is C10H22N2O5Si. The third-order valence-electron chi connectivity index (χ3n) is 3.16. The molecule has 0 spiro atoms. The Morgan fingerprint density at radius 3 is 1.89 bits per heavy atom. The van der Waals surface area contributed by atoms with Gasteiger partial charge in [-0.1, -0.05) is 0 Å². The molecule has 1 rings (SSSR count). The van der Waals surface area contributed by atoms with Gasteiger partial charge in [0.25, 0.3) is 0 Å². The van der Waals surface area contributed by atoms with Crippen LogP contribution in [0.2, 0.25) is 0 Å². The summed E-state index contributed by atoms with van der Waals surface area (Å²) < 4.78 is 20.8. The van der Waals surface area contributed by atoms with Crippen LogP contribution in [0.5, 0.6) is 0 Å². The molecule has 0 aromatic carbocycles. The third-order valence-corrected chi connectivity index (χ3v) is 5.86. The minimum atomic E-state index is -2.57. The molecule has 0 unspecified atom stereocenters. The van der Waals surface area contributed by atoms with Crippen LogP contribution in [0, 0.1) is 0 Å². The van der Waals surface area contributed by atoms with Crippen molar-refractivity contribution in [2.75, 3.05) is 60.8 Å². The Kier molecular flexibility index (Phi) is 6.02. The van der Waals surface area contributed by atoms with E-state index in [4.69, 9.17) is 18.0 Å². The average molecular weight is 278 g/mol. The van der Waals surface area contributed by atoms with Gasteiger partial charge in [0.15, 0.2) is 0 Å². The summed E-state index contributed by atoms with van der Waals surface area (Å²) in [5.74, 6) is 0. The SMILES string of the molecule is COC(=O)N1CCN(C[Si](OC)(OC)OC)CC1. The second kappa shape index (κ2) is 7.05. The summed E-state index contributed by atoms with van der Waals surface area (Å²) in [6.45, 7) is 2.82. The molecule has 0 radical (unpaired) electrons. The fourth-order valence-electron chi connectivity index (χ4n) is 1.94. The van der Waals surface area contributed by atoms with Crippen LogP contribution in [0.4, 0.5) is 4.79 Å². The van der Waals surface area contributed by atoms with Crippen molar-refractivity contribution in [1.29, 1.82) is 0 Å². The highest BCUT2D eigenvalue weighted by molar-refractivity contribution is 6.60. The highest BCUT2D eigenvalue weighted by Crippen LogP contribution is 2.11. The van der Waals surface area contributed by atoms with Gasteiger partial charge in [-0.05, 0) is 0 Å². The maximum atomic E-state index is 11.3. The van der Waals surface area contributed by atoms with E-state index in [0.29, 0.717) is 19.3 Å².